The molecule has 156 valence electrons. The van der Waals surface area contributed by atoms with Crippen molar-refractivity contribution in [2.24, 2.45) is 0 Å². The monoisotopic (exact) mass is 430 g/mol. The van der Waals surface area contributed by atoms with Gasteiger partial charge in [0.1, 0.15) is 17.4 Å². The topological polar surface area (TPSA) is 60.5 Å². The number of carbonyl (C=O) groups is 1. The molecule has 31 heavy (non-hydrogen) atoms. The molecule has 0 bridgehead atoms. The highest BCUT2D eigenvalue weighted by molar-refractivity contribution is 7.21. The Hall–Kier alpha value is -3.22. The second-order valence-electron chi connectivity index (χ2n) is 7.46. The number of carbonyl (C=O) groups excluding carboxylic acids is 1. The van der Waals surface area contributed by atoms with Crippen LogP contribution in [0, 0.1) is 0 Å². The number of amides is 1. The van der Waals surface area contributed by atoms with Gasteiger partial charge in [-0.2, -0.15) is 0 Å². The molecule has 4 aromatic rings. The summed E-state index contributed by atoms with van der Waals surface area (Å²) in [6.07, 6.45) is 2.29. The summed E-state index contributed by atoms with van der Waals surface area (Å²) in [5.41, 5.74) is 3.18. The van der Waals surface area contributed by atoms with E-state index in [2.05, 4.69) is 11.4 Å². The van der Waals surface area contributed by atoms with Crippen molar-refractivity contribution in [3.05, 3.63) is 78.4 Å². The van der Waals surface area contributed by atoms with Crippen LogP contribution in [0.25, 0.3) is 20.8 Å². The van der Waals surface area contributed by atoms with Crippen LogP contribution in [-0.2, 0) is 4.74 Å². The number of ether oxygens (including phenoxy) is 2. The fourth-order valence-electron chi connectivity index (χ4n) is 3.63. The van der Waals surface area contributed by atoms with Crippen molar-refractivity contribution < 1.29 is 14.3 Å². The Morgan fingerprint density at radius 2 is 1.87 bits per heavy atom. The summed E-state index contributed by atoms with van der Waals surface area (Å²) >= 11 is 1.62. The fourth-order valence-corrected chi connectivity index (χ4v) is 4.63. The molecule has 3 aromatic carbocycles. The highest BCUT2D eigenvalue weighted by Gasteiger charge is 2.16. The smallest absolute Gasteiger partial charge is 0.255 e. The molecule has 0 unspecified atom stereocenters. The highest BCUT2D eigenvalue weighted by Crippen LogP contribution is 2.34. The molecule has 5 rings (SSSR count). The number of thiazole rings is 1. The number of rotatable bonds is 6. The van der Waals surface area contributed by atoms with E-state index in [-0.39, 0.29) is 12.0 Å². The minimum Gasteiger partial charge on any atom is -0.491 e. The first-order chi connectivity index (χ1) is 15.3. The average molecular weight is 431 g/mol. The van der Waals surface area contributed by atoms with Gasteiger partial charge < -0.3 is 14.8 Å². The summed E-state index contributed by atoms with van der Waals surface area (Å²) in [5.74, 6) is 0.571. The van der Waals surface area contributed by atoms with Gasteiger partial charge in [0.05, 0.1) is 22.0 Å². The van der Waals surface area contributed by atoms with Crippen LogP contribution in [0.4, 0.5) is 5.69 Å². The van der Waals surface area contributed by atoms with E-state index in [0.29, 0.717) is 12.2 Å². The first-order valence-corrected chi connectivity index (χ1v) is 11.2. The average Bonchev–Trinajstić information content (AvgIpc) is 3.48. The first-order valence-electron chi connectivity index (χ1n) is 10.4. The Labute approximate surface area is 184 Å². The van der Waals surface area contributed by atoms with E-state index < -0.39 is 0 Å². The van der Waals surface area contributed by atoms with Crippen LogP contribution in [0.3, 0.4) is 0 Å². The minimum atomic E-state index is -0.167. The minimum absolute atomic E-state index is 0.167. The molecule has 1 aromatic heterocycles. The lowest BCUT2D eigenvalue weighted by Gasteiger charge is -2.12. The Morgan fingerprint density at radius 1 is 1.06 bits per heavy atom. The molecule has 1 aliphatic rings. The molecule has 2 heterocycles. The van der Waals surface area contributed by atoms with E-state index in [1.54, 1.807) is 23.5 Å². The van der Waals surface area contributed by atoms with E-state index in [1.807, 2.05) is 54.6 Å². The van der Waals surface area contributed by atoms with Gasteiger partial charge in [-0.05, 0) is 61.4 Å². The van der Waals surface area contributed by atoms with Gasteiger partial charge in [0.15, 0.2) is 0 Å². The summed E-state index contributed by atoms with van der Waals surface area (Å²) in [6, 6.07) is 23.0. The number of nitrogens with zero attached hydrogens (tertiary/aromatic N) is 1. The third-order valence-electron chi connectivity index (χ3n) is 5.28. The van der Waals surface area contributed by atoms with Gasteiger partial charge in [0.25, 0.3) is 5.91 Å². The Morgan fingerprint density at radius 3 is 2.68 bits per heavy atom. The molecule has 1 N–H and O–H groups in total. The summed E-state index contributed by atoms with van der Waals surface area (Å²) in [4.78, 5) is 17.6. The maximum absolute atomic E-state index is 12.9. The van der Waals surface area contributed by atoms with Crippen molar-refractivity contribution in [2.45, 2.75) is 18.9 Å². The van der Waals surface area contributed by atoms with Crippen LogP contribution in [0.1, 0.15) is 23.2 Å². The van der Waals surface area contributed by atoms with Gasteiger partial charge in [-0.3, -0.25) is 4.79 Å². The maximum atomic E-state index is 12.9. The largest absolute Gasteiger partial charge is 0.491 e. The van der Waals surface area contributed by atoms with Crippen molar-refractivity contribution in [3.63, 3.8) is 0 Å². The lowest BCUT2D eigenvalue weighted by atomic mass is 10.1. The van der Waals surface area contributed by atoms with Gasteiger partial charge in [-0.1, -0.05) is 24.3 Å². The van der Waals surface area contributed by atoms with E-state index in [0.717, 1.165) is 51.7 Å². The van der Waals surface area contributed by atoms with Crippen molar-refractivity contribution in [3.8, 4) is 16.3 Å². The number of hydrogen-bond donors (Lipinski definition) is 1. The van der Waals surface area contributed by atoms with Crippen LogP contribution in [0.2, 0.25) is 0 Å². The van der Waals surface area contributed by atoms with Crippen molar-refractivity contribution in [1.29, 1.82) is 0 Å². The lowest BCUT2D eigenvalue weighted by molar-refractivity contribution is 0.0679. The Bertz CT molecular complexity index is 1160. The van der Waals surface area contributed by atoms with Crippen molar-refractivity contribution >= 4 is 33.1 Å². The quantitative estimate of drug-likeness (QED) is 0.422. The molecule has 1 saturated heterocycles. The zero-order chi connectivity index (χ0) is 21.0. The SMILES string of the molecule is O=C(Nc1ccccc1-c1nc2ccccc2s1)c1ccc(OC[C@H]2CCCO2)cc1. The molecule has 5 nitrogen and oxygen atoms in total. The van der Waals surface area contributed by atoms with Crippen LogP contribution in [0.5, 0.6) is 5.75 Å². The number of anilines is 1. The summed E-state index contributed by atoms with van der Waals surface area (Å²) in [5, 5.41) is 3.92. The van der Waals surface area contributed by atoms with E-state index in [4.69, 9.17) is 14.5 Å². The molecule has 1 amide bonds. The van der Waals surface area contributed by atoms with Gasteiger partial charge in [0.2, 0.25) is 0 Å². The van der Waals surface area contributed by atoms with Crippen LogP contribution in [-0.4, -0.2) is 30.2 Å². The summed E-state index contributed by atoms with van der Waals surface area (Å²) in [6.45, 7) is 1.35. The molecule has 0 saturated carbocycles. The lowest BCUT2D eigenvalue weighted by Crippen LogP contribution is -2.16. The normalized spacial score (nSPS) is 15.8. The van der Waals surface area contributed by atoms with Crippen molar-refractivity contribution in [2.75, 3.05) is 18.5 Å². The van der Waals surface area contributed by atoms with Crippen molar-refractivity contribution in [1.82, 2.24) is 4.98 Å². The van der Waals surface area contributed by atoms with Crippen LogP contribution in [0.15, 0.2) is 72.8 Å². The second-order valence-corrected chi connectivity index (χ2v) is 8.49. The fraction of sp³-hybridized carbons (Fsp3) is 0.200. The van der Waals surface area contributed by atoms with Gasteiger partial charge in [0, 0.05) is 17.7 Å². The number of fused-ring (bicyclic) bond motifs is 1. The molecular weight excluding hydrogens is 408 g/mol. The Kier molecular flexibility index (Phi) is 5.65. The van der Waals surface area contributed by atoms with Gasteiger partial charge in [-0.15, -0.1) is 11.3 Å². The molecule has 1 aliphatic heterocycles. The first kappa shape index (κ1) is 19.7. The van der Waals surface area contributed by atoms with Gasteiger partial charge >= 0.3 is 0 Å². The summed E-state index contributed by atoms with van der Waals surface area (Å²) in [7, 11) is 0. The number of benzene rings is 3. The third-order valence-corrected chi connectivity index (χ3v) is 6.35. The Balaban J connectivity index is 1.30. The number of para-hydroxylation sites is 2. The highest BCUT2D eigenvalue weighted by atomic mass is 32.1. The summed E-state index contributed by atoms with van der Waals surface area (Å²) < 4.78 is 12.5. The van der Waals surface area contributed by atoms with Crippen LogP contribution >= 0.6 is 11.3 Å². The second kappa shape index (κ2) is 8.88. The predicted octanol–water partition coefficient (Wildman–Crippen LogP) is 5.77. The number of nitrogens with one attached hydrogen (secondary N) is 1. The predicted molar refractivity (Wildman–Crippen MR) is 124 cm³/mol. The molecule has 0 aliphatic carbocycles. The molecular formula is C25H22N2O3S. The number of hydrogen-bond acceptors (Lipinski definition) is 5. The van der Waals surface area contributed by atoms with Gasteiger partial charge in [-0.25, -0.2) is 4.98 Å². The van der Waals surface area contributed by atoms with Crippen LogP contribution < -0.4 is 10.1 Å². The zero-order valence-corrected chi connectivity index (χ0v) is 17.7. The molecule has 1 fully saturated rings. The standard InChI is InChI=1S/C25H22N2O3S/c28-24(17-11-13-18(14-12-17)30-16-19-6-5-15-29-19)26-21-8-2-1-7-20(21)25-27-22-9-3-4-10-23(22)31-25/h1-4,7-14,19H,5-6,15-16H2,(H,26,28)/t19-/m1/s1. The molecule has 0 spiro atoms. The molecule has 0 radical (unpaired) electrons. The zero-order valence-electron chi connectivity index (χ0n) is 16.9. The molecule has 1 atom stereocenters. The van der Waals surface area contributed by atoms with E-state index >= 15 is 0 Å². The van der Waals surface area contributed by atoms with E-state index in [9.17, 15) is 4.79 Å². The third kappa shape index (κ3) is 4.45. The van der Waals surface area contributed by atoms with E-state index in [1.165, 1.54) is 0 Å². The maximum Gasteiger partial charge on any atom is 0.255 e. The number of aromatic nitrogens is 1. The molecule has 6 heteroatoms.